The van der Waals surface area contributed by atoms with E-state index in [-0.39, 0.29) is 35.7 Å². The molecule has 0 saturated carbocycles. The minimum absolute atomic E-state index is 0.0562. The molecule has 0 bridgehead atoms. The largest absolute Gasteiger partial charge is 0.494 e. The summed E-state index contributed by atoms with van der Waals surface area (Å²) in [5, 5.41) is 10.3. The standard InChI is InChI=1S/C21H19FN4O4/c1-2-29-17-9-7-16(8-10-17)26-12-14(11-18(26)27)20-24-25-21(30-20)23-19(28)13-3-5-15(22)6-4-13/h3-10,14H,2,11-12H2,1H3,(H,23,25,28)/t14-/m0/s1. The number of halogens is 1. The molecule has 1 aliphatic rings. The molecule has 1 aromatic heterocycles. The van der Waals surface area contributed by atoms with Gasteiger partial charge in [-0.2, -0.15) is 0 Å². The first kappa shape index (κ1) is 19.6. The van der Waals surface area contributed by atoms with Crippen molar-refractivity contribution in [3.8, 4) is 5.75 Å². The average molecular weight is 410 g/mol. The summed E-state index contributed by atoms with van der Waals surface area (Å²) in [6, 6.07) is 12.3. The lowest BCUT2D eigenvalue weighted by Gasteiger charge is -2.16. The monoisotopic (exact) mass is 410 g/mol. The molecule has 1 saturated heterocycles. The fourth-order valence-electron chi connectivity index (χ4n) is 3.23. The van der Waals surface area contributed by atoms with Gasteiger partial charge >= 0.3 is 6.01 Å². The molecule has 0 unspecified atom stereocenters. The zero-order valence-electron chi connectivity index (χ0n) is 16.2. The molecule has 1 atom stereocenters. The summed E-state index contributed by atoms with van der Waals surface area (Å²) < 4.78 is 23.9. The molecule has 0 radical (unpaired) electrons. The number of carbonyl (C=O) groups is 2. The smallest absolute Gasteiger partial charge is 0.322 e. The Morgan fingerprint density at radius 2 is 1.93 bits per heavy atom. The molecular weight excluding hydrogens is 391 g/mol. The number of hydrogen-bond acceptors (Lipinski definition) is 6. The van der Waals surface area contributed by atoms with E-state index in [1.54, 1.807) is 4.90 Å². The van der Waals surface area contributed by atoms with Gasteiger partial charge in [0.15, 0.2) is 0 Å². The van der Waals surface area contributed by atoms with Crippen LogP contribution in [0.5, 0.6) is 5.75 Å². The summed E-state index contributed by atoms with van der Waals surface area (Å²) in [4.78, 5) is 26.3. The highest BCUT2D eigenvalue weighted by atomic mass is 19.1. The van der Waals surface area contributed by atoms with Crippen molar-refractivity contribution in [2.75, 3.05) is 23.4 Å². The van der Waals surface area contributed by atoms with Crippen molar-refractivity contribution < 1.29 is 23.1 Å². The Bertz CT molecular complexity index is 1050. The number of carbonyl (C=O) groups excluding carboxylic acids is 2. The van der Waals surface area contributed by atoms with E-state index in [1.807, 2.05) is 31.2 Å². The van der Waals surface area contributed by atoms with Crippen LogP contribution in [0.4, 0.5) is 16.1 Å². The maximum absolute atomic E-state index is 13.0. The van der Waals surface area contributed by atoms with Crippen LogP contribution in [0.3, 0.4) is 0 Å². The number of aromatic nitrogens is 2. The number of ether oxygens (including phenoxy) is 1. The normalized spacial score (nSPS) is 16.0. The second kappa shape index (κ2) is 8.32. The van der Waals surface area contributed by atoms with E-state index in [0.717, 1.165) is 11.4 Å². The maximum atomic E-state index is 13.0. The number of rotatable bonds is 6. The molecule has 1 N–H and O–H groups in total. The minimum Gasteiger partial charge on any atom is -0.494 e. The van der Waals surface area contributed by atoms with Gasteiger partial charge in [0.05, 0.1) is 12.5 Å². The first-order valence-electron chi connectivity index (χ1n) is 9.47. The summed E-state index contributed by atoms with van der Waals surface area (Å²) in [6.45, 7) is 2.87. The molecule has 2 aromatic carbocycles. The molecule has 9 heteroatoms. The number of nitrogens with one attached hydrogen (secondary N) is 1. The molecule has 30 heavy (non-hydrogen) atoms. The lowest BCUT2D eigenvalue weighted by Crippen LogP contribution is -2.24. The molecule has 4 rings (SSSR count). The van der Waals surface area contributed by atoms with Crippen molar-refractivity contribution >= 4 is 23.5 Å². The highest BCUT2D eigenvalue weighted by Gasteiger charge is 2.35. The number of amides is 2. The Morgan fingerprint density at radius 1 is 1.20 bits per heavy atom. The first-order chi connectivity index (χ1) is 14.5. The minimum atomic E-state index is -0.497. The van der Waals surface area contributed by atoms with Gasteiger partial charge in [0.2, 0.25) is 11.8 Å². The quantitative estimate of drug-likeness (QED) is 0.669. The van der Waals surface area contributed by atoms with Crippen molar-refractivity contribution in [3.63, 3.8) is 0 Å². The second-order valence-electron chi connectivity index (χ2n) is 6.74. The molecule has 2 heterocycles. The zero-order valence-corrected chi connectivity index (χ0v) is 16.2. The summed E-state index contributed by atoms with van der Waals surface area (Å²) in [6.07, 6.45) is 0.223. The van der Waals surface area contributed by atoms with Crippen molar-refractivity contribution in [1.82, 2.24) is 10.2 Å². The van der Waals surface area contributed by atoms with Crippen LogP contribution in [-0.2, 0) is 4.79 Å². The van der Waals surface area contributed by atoms with Gasteiger partial charge in [-0.1, -0.05) is 5.10 Å². The Hall–Kier alpha value is -3.75. The van der Waals surface area contributed by atoms with Crippen LogP contribution >= 0.6 is 0 Å². The predicted octanol–water partition coefficient (Wildman–Crippen LogP) is 3.38. The molecular formula is C21H19FN4O4. The lowest BCUT2D eigenvalue weighted by molar-refractivity contribution is -0.117. The highest BCUT2D eigenvalue weighted by Crippen LogP contribution is 2.32. The Balaban J connectivity index is 1.41. The lowest BCUT2D eigenvalue weighted by atomic mass is 10.1. The van der Waals surface area contributed by atoms with Gasteiger partial charge < -0.3 is 14.1 Å². The zero-order chi connectivity index (χ0) is 21.1. The molecule has 1 fully saturated rings. The maximum Gasteiger partial charge on any atom is 0.322 e. The summed E-state index contributed by atoms with van der Waals surface area (Å²) in [7, 11) is 0. The summed E-state index contributed by atoms with van der Waals surface area (Å²) in [5.41, 5.74) is 1.02. The van der Waals surface area contributed by atoms with Gasteiger partial charge in [0.1, 0.15) is 11.6 Å². The molecule has 154 valence electrons. The molecule has 8 nitrogen and oxygen atoms in total. The average Bonchev–Trinajstić information content (AvgIpc) is 3.36. The fourth-order valence-corrected chi connectivity index (χ4v) is 3.23. The van der Waals surface area contributed by atoms with E-state index in [9.17, 15) is 14.0 Å². The van der Waals surface area contributed by atoms with Crippen LogP contribution in [-0.4, -0.2) is 35.2 Å². The topological polar surface area (TPSA) is 97.6 Å². The third-order valence-corrected chi connectivity index (χ3v) is 4.70. The Kier molecular flexibility index (Phi) is 5.42. The molecule has 0 spiro atoms. The SMILES string of the molecule is CCOc1ccc(N2C[C@@H](c3nnc(NC(=O)c4ccc(F)cc4)o3)CC2=O)cc1. The van der Waals surface area contributed by atoms with Crippen LogP contribution in [0.2, 0.25) is 0 Å². The predicted molar refractivity (Wildman–Crippen MR) is 106 cm³/mol. The summed E-state index contributed by atoms with van der Waals surface area (Å²) >= 11 is 0. The number of anilines is 2. The van der Waals surface area contributed by atoms with E-state index in [0.29, 0.717) is 13.2 Å². The Morgan fingerprint density at radius 3 is 2.63 bits per heavy atom. The van der Waals surface area contributed by atoms with E-state index >= 15 is 0 Å². The van der Waals surface area contributed by atoms with E-state index < -0.39 is 11.7 Å². The number of benzene rings is 2. The third-order valence-electron chi connectivity index (χ3n) is 4.70. The van der Waals surface area contributed by atoms with Crippen LogP contribution in [0, 0.1) is 5.82 Å². The summed E-state index contributed by atoms with van der Waals surface area (Å²) in [5.74, 6) is -0.264. The highest BCUT2D eigenvalue weighted by molar-refractivity contribution is 6.03. The van der Waals surface area contributed by atoms with Crippen LogP contribution in [0.25, 0.3) is 0 Å². The number of nitrogens with zero attached hydrogens (tertiary/aromatic N) is 3. The van der Waals surface area contributed by atoms with Crippen molar-refractivity contribution in [2.45, 2.75) is 19.3 Å². The van der Waals surface area contributed by atoms with Crippen LogP contribution in [0.15, 0.2) is 52.9 Å². The molecule has 1 aliphatic heterocycles. The van der Waals surface area contributed by atoms with Gasteiger partial charge in [-0.3, -0.25) is 14.9 Å². The van der Waals surface area contributed by atoms with Gasteiger partial charge in [-0.05, 0) is 55.5 Å². The van der Waals surface area contributed by atoms with E-state index in [2.05, 4.69) is 15.5 Å². The van der Waals surface area contributed by atoms with Gasteiger partial charge in [-0.25, -0.2) is 4.39 Å². The van der Waals surface area contributed by atoms with E-state index in [1.165, 1.54) is 24.3 Å². The second-order valence-corrected chi connectivity index (χ2v) is 6.74. The van der Waals surface area contributed by atoms with Crippen LogP contribution < -0.4 is 15.0 Å². The fraction of sp³-hybridized carbons (Fsp3) is 0.238. The van der Waals surface area contributed by atoms with Gasteiger partial charge in [-0.15, -0.1) is 5.10 Å². The number of hydrogen-bond donors (Lipinski definition) is 1. The van der Waals surface area contributed by atoms with Crippen molar-refractivity contribution in [1.29, 1.82) is 0 Å². The van der Waals surface area contributed by atoms with Gasteiger partial charge in [0, 0.05) is 24.2 Å². The van der Waals surface area contributed by atoms with E-state index in [4.69, 9.17) is 9.15 Å². The molecule has 3 aromatic rings. The Labute approximate surface area is 171 Å². The third kappa shape index (κ3) is 4.14. The molecule has 2 amide bonds. The molecule has 0 aliphatic carbocycles. The van der Waals surface area contributed by atoms with Crippen molar-refractivity contribution in [3.05, 3.63) is 65.8 Å². The first-order valence-corrected chi connectivity index (χ1v) is 9.47. The van der Waals surface area contributed by atoms with Gasteiger partial charge in [0.25, 0.3) is 5.91 Å². The van der Waals surface area contributed by atoms with Crippen LogP contribution in [0.1, 0.15) is 35.5 Å². The van der Waals surface area contributed by atoms with Crippen molar-refractivity contribution in [2.24, 2.45) is 0 Å².